The summed E-state index contributed by atoms with van der Waals surface area (Å²) in [5, 5.41) is 0. The number of ether oxygens (including phenoxy) is 8. The first-order chi connectivity index (χ1) is 60.0. The third kappa shape index (κ3) is 33.8. The lowest BCUT2D eigenvalue weighted by Gasteiger charge is -2.13. The molecule has 0 fully saturated rings. The summed E-state index contributed by atoms with van der Waals surface area (Å²) in [5.74, 6) is 4.94. The second-order valence-electron chi connectivity index (χ2n) is 32.5. The Bertz CT molecular complexity index is 4090. The third-order valence-corrected chi connectivity index (χ3v) is 22.3. The van der Waals surface area contributed by atoms with E-state index in [1.54, 1.807) is 0 Å². The number of rotatable bonds is 62. The van der Waals surface area contributed by atoms with Gasteiger partial charge in [-0.2, -0.15) is 0 Å². The van der Waals surface area contributed by atoms with Crippen molar-refractivity contribution >= 4 is 35.3 Å². The van der Waals surface area contributed by atoms with Crippen LogP contribution in [-0.4, -0.2) is 49.6 Å². The molecule has 10 aromatic carbocycles. The Kier molecular flexibility index (Phi) is 41.6. The van der Waals surface area contributed by atoms with Gasteiger partial charge < -0.3 is 37.9 Å². The number of hydrogen-bond donors (Lipinski definition) is 0. The molecule has 10 aromatic rings. The van der Waals surface area contributed by atoms with Crippen molar-refractivity contribution in [2.24, 2.45) is 0 Å². The molecule has 0 amide bonds. The molecule has 0 N–H and O–H groups in total. The summed E-state index contributed by atoms with van der Waals surface area (Å²) in [6.45, 7) is 12.5. The molecular formula is C110H132O12. The molecule has 0 aliphatic rings. The lowest BCUT2D eigenvalue weighted by molar-refractivity contribution is 0.103. The van der Waals surface area contributed by atoms with Crippen molar-refractivity contribution in [2.75, 3.05) is 26.4 Å². The van der Waals surface area contributed by atoms with Crippen molar-refractivity contribution in [3.63, 3.8) is 0 Å². The molecule has 0 heterocycles. The van der Waals surface area contributed by atoms with E-state index >= 15 is 0 Å². The van der Waals surface area contributed by atoms with Gasteiger partial charge in [0.15, 0.2) is 23.1 Å². The normalized spacial score (nSPS) is 11.2. The van der Waals surface area contributed by atoms with E-state index in [-0.39, 0.29) is 49.6 Å². The quantitative estimate of drug-likeness (QED) is 0.0203. The molecule has 0 aromatic heterocycles. The molecule has 0 bridgehead atoms. The molecule has 0 saturated heterocycles. The fraction of sp³-hybridized carbons (Fsp3) is 0.400. The minimum atomic E-state index is -0.0787. The van der Waals surface area contributed by atoms with Gasteiger partial charge in [-0.25, -0.2) is 0 Å². The number of benzene rings is 10. The first-order valence-corrected chi connectivity index (χ1v) is 45.9. The van der Waals surface area contributed by atoms with E-state index in [0.717, 1.165) is 108 Å². The van der Waals surface area contributed by atoms with Gasteiger partial charge in [0.1, 0.15) is 72.4 Å². The van der Waals surface area contributed by atoms with Crippen LogP contribution in [0, 0.1) is 0 Å². The minimum Gasteiger partial charge on any atom is -0.494 e. The monoisotopic (exact) mass is 1640 g/mol. The summed E-state index contributed by atoms with van der Waals surface area (Å²) >= 11 is 0. The van der Waals surface area contributed by atoms with E-state index in [1.165, 1.54) is 154 Å². The SMILES string of the molecule is CCCCCCCCCCOc1ccc(C(=O)c2ccc(COc3cc(/C=C/c4cc(OCc5ccc(C(=O)c6ccc(OCCCCCCCCCC)cc6)cc5)cc(OCc5ccc(C(=O)c6ccc(OCCCCCCCCCC)cc6)cc5)c4)cc(OCc4ccc(C(=O)c5ccc(OCCCCCCCCCC)cc5)cc4)c3)cc2)cc1. The average molecular weight is 1650 g/mol. The first-order valence-electron chi connectivity index (χ1n) is 45.9. The molecule has 122 heavy (non-hydrogen) atoms. The van der Waals surface area contributed by atoms with Crippen LogP contribution in [0.3, 0.4) is 0 Å². The van der Waals surface area contributed by atoms with Gasteiger partial charge in [-0.3, -0.25) is 19.2 Å². The van der Waals surface area contributed by atoms with Crippen LogP contribution in [0.15, 0.2) is 231 Å². The Balaban J connectivity index is 0.823. The second-order valence-corrected chi connectivity index (χ2v) is 32.5. The number of carbonyl (C=O) groups is 4. The van der Waals surface area contributed by atoms with Crippen molar-refractivity contribution in [1.82, 2.24) is 0 Å². The Morgan fingerprint density at radius 2 is 0.352 bits per heavy atom. The van der Waals surface area contributed by atoms with Gasteiger partial charge in [-0.1, -0.05) is 317 Å². The third-order valence-electron chi connectivity index (χ3n) is 22.3. The highest BCUT2D eigenvalue weighted by molar-refractivity contribution is 6.11. The number of hydrogen-bond acceptors (Lipinski definition) is 12. The minimum absolute atomic E-state index is 0.0787. The van der Waals surface area contributed by atoms with Crippen LogP contribution in [-0.2, 0) is 26.4 Å². The number of carbonyl (C=O) groups excluding carboxylic acids is 4. The molecule has 0 unspecified atom stereocenters. The lowest BCUT2D eigenvalue weighted by atomic mass is 10.0. The van der Waals surface area contributed by atoms with E-state index in [1.807, 2.05) is 243 Å². The summed E-state index contributed by atoms with van der Waals surface area (Å²) in [4.78, 5) is 55.1. The second kappa shape index (κ2) is 54.4. The van der Waals surface area contributed by atoms with E-state index < -0.39 is 0 Å². The van der Waals surface area contributed by atoms with Crippen molar-refractivity contribution in [1.29, 1.82) is 0 Å². The molecule has 0 aliphatic carbocycles. The van der Waals surface area contributed by atoms with Gasteiger partial charge in [0.05, 0.1) is 26.4 Å². The van der Waals surface area contributed by atoms with Crippen LogP contribution in [0.25, 0.3) is 12.2 Å². The topological polar surface area (TPSA) is 142 Å². The van der Waals surface area contributed by atoms with Gasteiger partial charge in [0.2, 0.25) is 0 Å². The van der Waals surface area contributed by atoms with Crippen LogP contribution < -0.4 is 37.9 Å². The predicted octanol–water partition coefficient (Wildman–Crippen LogP) is 29.2. The molecule has 0 spiro atoms. The standard InChI is InChI=1S/C110H132O12/c1-5-9-13-17-21-25-29-33-71-115-99-63-55-95(56-64-99)107(111)91-47-39-85(40-48-91)81-119-103-75-89(76-104(79-103)120-82-86-41-49-92(50-42-86)108(112)96-57-65-100(66-58-96)116-72-34-30-26-22-18-14-10-6-2)37-38-90-77-105(121-83-87-43-51-93(52-44-87)109(113)97-59-67-101(68-60-97)117-73-35-31-27-23-19-15-11-7-3)80-106(78-90)122-84-88-45-53-94(54-46-88)110(114)98-61-69-102(70-62-98)118-74-36-32-28-24-20-16-12-8-4/h37-70,75-80H,5-36,71-74,81-84H2,1-4H3/b38-37+. The smallest absolute Gasteiger partial charge is 0.193 e. The van der Waals surface area contributed by atoms with Gasteiger partial charge in [-0.05, 0) is 180 Å². The first kappa shape index (κ1) is 93.3. The Hall–Kier alpha value is -11.0. The van der Waals surface area contributed by atoms with Crippen LogP contribution in [0.2, 0.25) is 0 Å². The molecule has 12 nitrogen and oxygen atoms in total. The van der Waals surface area contributed by atoms with Gasteiger partial charge in [0, 0.05) is 56.6 Å². The predicted molar refractivity (Wildman–Crippen MR) is 497 cm³/mol. The molecular weight excluding hydrogens is 1510 g/mol. The average Bonchev–Trinajstić information content (AvgIpc) is 1.15. The Morgan fingerprint density at radius 3 is 0.533 bits per heavy atom. The maximum Gasteiger partial charge on any atom is 0.193 e. The molecule has 644 valence electrons. The van der Waals surface area contributed by atoms with Crippen molar-refractivity contribution in [2.45, 2.75) is 260 Å². The van der Waals surface area contributed by atoms with Crippen LogP contribution in [0.4, 0.5) is 0 Å². The van der Waals surface area contributed by atoms with E-state index in [2.05, 4.69) is 27.7 Å². The van der Waals surface area contributed by atoms with Gasteiger partial charge in [0.25, 0.3) is 0 Å². The van der Waals surface area contributed by atoms with Gasteiger partial charge >= 0.3 is 0 Å². The van der Waals surface area contributed by atoms with E-state index in [0.29, 0.717) is 93.9 Å². The van der Waals surface area contributed by atoms with Gasteiger partial charge in [-0.15, -0.1) is 0 Å². The van der Waals surface area contributed by atoms with Crippen molar-refractivity contribution in [3.8, 4) is 46.0 Å². The van der Waals surface area contributed by atoms with Crippen LogP contribution >= 0.6 is 0 Å². The number of unbranched alkanes of at least 4 members (excludes halogenated alkanes) is 28. The maximum atomic E-state index is 13.8. The summed E-state index contributed by atoms with van der Waals surface area (Å²) < 4.78 is 50.5. The molecule has 0 radical (unpaired) electrons. The van der Waals surface area contributed by atoms with E-state index in [4.69, 9.17) is 37.9 Å². The molecule has 12 heteroatoms. The fourth-order valence-corrected chi connectivity index (χ4v) is 14.8. The highest BCUT2D eigenvalue weighted by Gasteiger charge is 2.17. The van der Waals surface area contributed by atoms with E-state index in [9.17, 15) is 19.2 Å². The zero-order valence-electron chi connectivity index (χ0n) is 73.3. The zero-order valence-corrected chi connectivity index (χ0v) is 73.3. The van der Waals surface area contributed by atoms with Crippen molar-refractivity contribution in [3.05, 3.63) is 308 Å². The molecule has 0 aliphatic heterocycles. The fourth-order valence-electron chi connectivity index (χ4n) is 14.8. The van der Waals surface area contributed by atoms with Crippen LogP contribution in [0.1, 0.15) is 330 Å². The largest absolute Gasteiger partial charge is 0.494 e. The number of ketones is 4. The lowest BCUT2D eigenvalue weighted by Crippen LogP contribution is -2.03. The summed E-state index contributed by atoms with van der Waals surface area (Å²) in [5.41, 5.74) is 9.65. The summed E-state index contributed by atoms with van der Waals surface area (Å²) in [7, 11) is 0. The summed E-state index contributed by atoms with van der Waals surface area (Å²) in [6.07, 6.45) is 43.5. The summed E-state index contributed by atoms with van der Waals surface area (Å²) in [6, 6.07) is 71.2. The molecule has 0 saturated carbocycles. The maximum absolute atomic E-state index is 13.8. The highest BCUT2D eigenvalue weighted by Crippen LogP contribution is 2.32. The molecule has 0 atom stereocenters. The zero-order chi connectivity index (χ0) is 85.2. The molecule has 10 rings (SSSR count). The Morgan fingerprint density at radius 1 is 0.189 bits per heavy atom. The van der Waals surface area contributed by atoms with Crippen molar-refractivity contribution < 1.29 is 57.1 Å². The van der Waals surface area contributed by atoms with Crippen LogP contribution in [0.5, 0.6) is 46.0 Å². The highest BCUT2D eigenvalue weighted by atomic mass is 16.5. The Labute approximate surface area is 728 Å².